The molecule has 0 unspecified atom stereocenters. The third-order valence-electron chi connectivity index (χ3n) is 6.35. The fraction of sp³-hybridized carbons (Fsp3) is 0.682. The zero-order valence-electron chi connectivity index (χ0n) is 19.4. The molecule has 1 N–H and O–H groups in total. The van der Waals surface area contributed by atoms with E-state index in [0.717, 1.165) is 19.3 Å². The lowest BCUT2D eigenvalue weighted by Gasteiger charge is -2.28. The second kappa shape index (κ2) is 9.36. The Morgan fingerprint density at radius 2 is 2.03 bits per heavy atom. The van der Waals surface area contributed by atoms with Crippen LogP contribution < -0.4 is 11.2 Å². The lowest BCUT2D eigenvalue weighted by atomic mass is 10.1. The molecule has 4 heterocycles. The van der Waals surface area contributed by atoms with E-state index in [9.17, 15) is 19.2 Å². The first kappa shape index (κ1) is 23.6. The zero-order chi connectivity index (χ0) is 23.8. The molecule has 4 rings (SSSR count). The molecule has 2 aliphatic heterocycles. The number of imidazole rings is 1. The molecule has 0 bridgehead atoms. The predicted octanol–water partition coefficient (Wildman–Crippen LogP) is 1.84. The van der Waals surface area contributed by atoms with Gasteiger partial charge in [0.2, 0.25) is 5.91 Å². The third-order valence-corrected chi connectivity index (χ3v) is 7.81. The normalized spacial score (nSPS) is 20.2. The number of hydrogen-bond donors (Lipinski definition) is 1. The van der Waals surface area contributed by atoms with E-state index in [2.05, 4.69) is 23.8 Å². The lowest BCUT2D eigenvalue weighted by molar-refractivity contribution is -0.154. The van der Waals surface area contributed by atoms with E-state index in [0.29, 0.717) is 61.1 Å². The summed E-state index contributed by atoms with van der Waals surface area (Å²) in [7, 11) is 0. The Balaban J connectivity index is 1.68. The topological polar surface area (TPSA) is 119 Å². The van der Waals surface area contributed by atoms with E-state index in [-0.39, 0.29) is 12.5 Å². The summed E-state index contributed by atoms with van der Waals surface area (Å²) in [4.78, 5) is 58.2. The van der Waals surface area contributed by atoms with E-state index in [1.54, 1.807) is 9.47 Å². The summed E-state index contributed by atoms with van der Waals surface area (Å²) in [5, 5.41) is 0. The van der Waals surface area contributed by atoms with Gasteiger partial charge in [0.05, 0.1) is 0 Å². The summed E-state index contributed by atoms with van der Waals surface area (Å²) in [5.41, 5.74) is -0.338. The minimum absolute atomic E-state index is 0.0207. The third kappa shape index (κ3) is 4.22. The smallest absolute Gasteiger partial charge is 0.343 e. The van der Waals surface area contributed by atoms with Crippen LogP contribution in [0.3, 0.4) is 0 Å². The molecule has 0 spiro atoms. The molecule has 2 saturated heterocycles. The van der Waals surface area contributed by atoms with Gasteiger partial charge in [-0.15, -0.1) is 11.8 Å². The molecule has 180 valence electrons. The highest BCUT2D eigenvalue weighted by atomic mass is 32.2. The summed E-state index contributed by atoms with van der Waals surface area (Å²) in [6.45, 7) is 7.57. The van der Waals surface area contributed by atoms with Crippen molar-refractivity contribution in [1.29, 1.82) is 0 Å². The number of carbonyl (C=O) groups is 2. The molecule has 2 fully saturated rings. The van der Waals surface area contributed by atoms with Crippen LogP contribution in [0.4, 0.5) is 0 Å². The van der Waals surface area contributed by atoms with E-state index in [1.807, 2.05) is 6.92 Å². The van der Waals surface area contributed by atoms with Crippen molar-refractivity contribution in [3.05, 3.63) is 26.7 Å². The minimum atomic E-state index is -0.952. The van der Waals surface area contributed by atoms with E-state index < -0.39 is 22.1 Å². The summed E-state index contributed by atoms with van der Waals surface area (Å²) in [5.74, 6) is 1.04. The van der Waals surface area contributed by atoms with Crippen molar-refractivity contribution in [3.63, 3.8) is 0 Å². The molecule has 2 aromatic heterocycles. The average molecular weight is 478 g/mol. The van der Waals surface area contributed by atoms with Crippen LogP contribution >= 0.6 is 11.8 Å². The van der Waals surface area contributed by atoms with Crippen molar-refractivity contribution in [2.24, 2.45) is 5.92 Å². The molecule has 0 aliphatic carbocycles. The second-order valence-electron chi connectivity index (χ2n) is 9.05. The highest BCUT2D eigenvalue weighted by Crippen LogP contribution is 2.45. The van der Waals surface area contributed by atoms with Gasteiger partial charge in [0.15, 0.2) is 16.0 Å². The number of carbonyl (C=O) groups excluding carboxylic acids is 2. The maximum absolute atomic E-state index is 13.1. The van der Waals surface area contributed by atoms with Crippen molar-refractivity contribution in [2.75, 3.05) is 12.3 Å². The van der Waals surface area contributed by atoms with Crippen LogP contribution in [0.5, 0.6) is 0 Å². The Morgan fingerprint density at radius 1 is 1.24 bits per heavy atom. The number of H-pyrrole nitrogens is 1. The first-order valence-corrected chi connectivity index (χ1v) is 12.6. The van der Waals surface area contributed by atoms with Crippen molar-refractivity contribution in [1.82, 2.24) is 24.0 Å². The molecular weight excluding hydrogens is 446 g/mol. The van der Waals surface area contributed by atoms with Gasteiger partial charge in [-0.3, -0.25) is 19.1 Å². The van der Waals surface area contributed by atoms with Crippen LogP contribution in [-0.2, 0) is 34.0 Å². The SMILES string of the molecule is CCCCn1c(=O)[nH]c(=O)c2c1nc(COC(=O)[C@@]13CCC(=O)N1CCS3)n2CCC(C)C. The van der Waals surface area contributed by atoms with Crippen molar-refractivity contribution < 1.29 is 14.3 Å². The van der Waals surface area contributed by atoms with Gasteiger partial charge in [-0.2, -0.15) is 0 Å². The number of hydrogen-bond acceptors (Lipinski definition) is 7. The van der Waals surface area contributed by atoms with Crippen LogP contribution in [0.15, 0.2) is 9.59 Å². The van der Waals surface area contributed by atoms with E-state index in [1.165, 1.54) is 16.3 Å². The molecular formula is C22H31N5O5S. The Hall–Kier alpha value is -2.56. The fourth-order valence-electron chi connectivity index (χ4n) is 4.50. The van der Waals surface area contributed by atoms with E-state index in [4.69, 9.17) is 4.74 Å². The number of aromatic nitrogens is 4. The van der Waals surface area contributed by atoms with Crippen LogP contribution in [-0.4, -0.2) is 53.0 Å². The molecule has 0 saturated carbocycles. The Kier molecular flexibility index (Phi) is 6.69. The Morgan fingerprint density at radius 3 is 2.76 bits per heavy atom. The van der Waals surface area contributed by atoms with Gasteiger partial charge < -0.3 is 14.2 Å². The maximum Gasteiger partial charge on any atom is 0.343 e. The number of rotatable bonds is 9. The number of fused-ring (bicyclic) bond motifs is 2. The Labute approximate surface area is 195 Å². The number of amides is 1. The molecule has 2 aliphatic rings. The van der Waals surface area contributed by atoms with E-state index >= 15 is 0 Å². The molecule has 11 heteroatoms. The first-order valence-electron chi connectivity index (χ1n) is 11.6. The van der Waals surface area contributed by atoms with Crippen LogP contribution in [0, 0.1) is 5.92 Å². The standard InChI is InChI=1S/C22H31N5O5S/c1-4-5-9-26-18-17(19(29)24-21(26)31)25(10-7-14(2)3)15(23-18)13-32-20(30)22-8-6-16(28)27(22)11-12-33-22/h14H,4-13H2,1-3H3,(H,24,29,31)/t22-/m0/s1. The second-order valence-corrected chi connectivity index (χ2v) is 10.4. The minimum Gasteiger partial charge on any atom is -0.455 e. The molecule has 1 atom stereocenters. The zero-order valence-corrected chi connectivity index (χ0v) is 20.2. The van der Waals surface area contributed by atoms with Gasteiger partial charge in [-0.25, -0.2) is 14.6 Å². The predicted molar refractivity (Wildman–Crippen MR) is 125 cm³/mol. The number of esters is 1. The number of nitrogens with one attached hydrogen (secondary N) is 1. The molecule has 0 aromatic carbocycles. The largest absolute Gasteiger partial charge is 0.455 e. The summed E-state index contributed by atoms with van der Waals surface area (Å²) >= 11 is 1.45. The van der Waals surface area contributed by atoms with Gasteiger partial charge >= 0.3 is 11.7 Å². The molecule has 0 radical (unpaired) electrons. The highest BCUT2D eigenvalue weighted by molar-refractivity contribution is 8.01. The lowest BCUT2D eigenvalue weighted by Crippen LogP contribution is -2.46. The maximum atomic E-state index is 13.1. The van der Waals surface area contributed by atoms with Crippen molar-refractivity contribution in [2.45, 2.75) is 77.4 Å². The quantitative estimate of drug-likeness (QED) is 0.547. The van der Waals surface area contributed by atoms with Gasteiger partial charge in [0.25, 0.3) is 5.56 Å². The summed E-state index contributed by atoms with van der Waals surface area (Å²) < 4.78 is 8.95. The van der Waals surface area contributed by atoms with Gasteiger partial charge in [-0.05, 0) is 25.2 Å². The first-order chi connectivity index (χ1) is 15.8. The highest BCUT2D eigenvalue weighted by Gasteiger charge is 2.56. The number of ether oxygens (including phenoxy) is 1. The fourth-order valence-corrected chi connectivity index (χ4v) is 5.89. The Bertz CT molecular complexity index is 1180. The molecule has 1 amide bonds. The average Bonchev–Trinajstić information content (AvgIpc) is 3.44. The monoisotopic (exact) mass is 477 g/mol. The van der Waals surface area contributed by atoms with Crippen molar-refractivity contribution >= 4 is 34.8 Å². The van der Waals surface area contributed by atoms with Crippen LogP contribution in [0.1, 0.15) is 58.7 Å². The number of unbranched alkanes of at least 4 members (excludes halogenated alkanes) is 1. The molecule has 2 aromatic rings. The van der Waals surface area contributed by atoms with Gasteiger partial charge in [0, 0.05) is 31.8 Å². The van der Waals surface area contributed by atoms with Gasteiger partial charge in [0.1, 0.15) is 12.4 Å². The van der Waals surface area contributed by atoms with Crippen molar-refractivity contribution in [3.8, 4) is 0 Å². The van der Waals surface area contributed by atoms with Crippen LogP contribution in [0.25, 0.3) is 11.2 Å². The number of aryl methyl sites for hydroxylation is 2. The number of nitrogens with zero attached hydrogens (tertiary/aromatic N) is 4. The summed E-state index contributed by atoms with van der Waals surface area (Å²) in [6, 6.07) is 0. The number of aromatic amines is 1. The van der Waals surface area contributed by atoms with Gasteiger partial charge in [-0.1, -0.05) is 27.2 Å². The summed E-state index contributed by atoms with van der Waals surface area (Å²) in [6.07, 6.45) is 3.24. The molecule has 33 heavy (non-hydrogen) atoms. The molecule has 10 nitrogen and oxygen atoms in total. The van der Waals surface area contributed by atoms with Crippen LogP contribution in [0.2, 0.25) is 0 Å². The number of thioether (sulfide) groups is 1.